The Labute approximate surface area is 51.2 Å². The molecular formula is C6H9OP. The van der Waals surface area contributed by atoms with Crippen LogP contribution in [0.25, 0.3) is 0 Å². The lowest BCUT2D eigenvalue weighted by atomic mass is 10.4. The Morgan fingerprint density at radius 2 is 2.62 bits per heavy atom. The molecule has 2 heteroatoms. The van der Waals surface area contributed by atoms with E-state index in [1.165, 1.54) is 12.8 Å². The van der Waals surface area contributed by atoms with Crippen LogP contribution in [0.2, 0.25) is 0 Å². The van der Waals surface area contributed by atoms with Crippen molar-refractivity contribution >= 4 is 13.7 Å². The molecule has 0 amide bonds. The van der Waals surface area contributed by atoms with Crippen LogP contribution in [0.1, 0.15) is 12.8 Å². The molecule has 8 heavy (non-hydrogen) atoms. The molecular weight excluding hydrogens is 119 g/mol. The first-order chi connectivity index (χ1) is 3.93. The van der Waals surface area contributed by atoms with Crippen molar-refractivity contribution in [2.45, 2.75) is 18.7 Å². The van der Waals surface area contributed by atoms with Gasteiger partial charge in [0.1, 0.15) is 5.85 Å². The Bertz CT molecular complexity index is 110. The van der Waals surface area contributed by atoms with Crippen molar-refractivity contribution in [3.63, 3.8) is 0 Å². The normalized spacial score (nSPS) is 28.2. The van der Waals surface area contributed by atoms with E-state index >= 15 is 0 Å². The van der Waals surface area contributed by atoms with Crippen LogP contribution in [-0.4, -0.2) is 17.9 Å². The summed E-state index contributed by atoms with van der Waals surface area (Å²) in [7, 11) is 1.12. The molecule has 1 aliphatic rings. The molecule has 0 aromatic rings. The molecule has 1 aliphatic heterocycles. The number of rotatable bonds is 1. The summed E-state index contributed by atoms with van der Waals surface area (Å²) in [6, 6.07) is 0. The number of ether oxygens (including phenoxy) is 1. The van der Waals surface area contributed by atoms with Gasteiger partial charge in [0, 0.05) is 6.61 Å². The van der Waals surface area contributed by atoms with Gasteiger partial charge in [0.25, 0.3) is 0 Å². The number of hydrogen-bond acceptors (Lipinski definition) is 1. The van der Waals surface area contributed by atoms with E-state index in [2.05, 4.69) is 12.0 Å². The fourth-order valence-electron chi connectivity index (χ4n) is 0.764. The minimum atomic E-state index is 0.410. The zero-order valence-electron chi connectivity index (χ0n) is 4.76. The van der Waals surface area contributed by atoms with Crippen molar-refractivity contribution in [2.24, 2.45) is 0 Å². The summed E-state index contributed by atoms with van der Waals surface area (Å²) >= 11 is 0. The van der Waals surface area contributed by atoms with Crippen LogP contribution in [0, 0.1) is 0 Å². The highest BCUT2D eigenvalue weighted by atomic mass is 31.1. The third kappa shape index (κ3) is 1.45. The minimum Gasteiger partial charge on any atom is -0.369 e. The van der Waals surface area contributed by atoms with Crippen LogP contribution in [0.4, 0.5) is 0 Å². The maximum Gasteiger partial charge on any atom is 0.106 e. The lowest BCUT2D eigenvalue weighted by Crippen LogP contribution is -1.91. The highest BCUT2D eigenvalue weighted by Gasteiger charge is 2.11. The van der Waals surface area contributed by atoms with Crippen LogP contribution in [0.5, 0.6) is 0 Å². The van der Waals surface area contributed by atoms with Crippen molar-refractivity contribution in [3.8, 4) is 0 Å². The Hall–Kier alpha value is -0.0900. The van der Waals surface area contributed by atoms with Gasteiger partial charge in [-0.1, -0.05) is 12.0 Å². The molecule has 1 saturated heterocycles. The van der Waals surface area contributed by atoms with Gasteiger partial charge in [-0.3, -0.25) is 0 Å². The number of hydrogen-bond donors (Lipinski definition) is 0. The fourth-order valence-corrected chi connectivity index (χ4v) is 1.46. The van der Waals surface area contributed by atoms with Gasteiger partial charge in [-0.05, 0) is 21.0 Å². The smallest absolute Gasteiger partial charge is 0.106 e. The van der Waals surface area contributed by atoms with E-state index in [4.69, 9.17) is 4.74 Å². The molecule has 0 aliphatic carbocycles. The maximum absolute atomic E-state index is 5.28. The van der Waals surface area contributed by atoms with E-state index in [1.807, 2.05) is 0 Å². The monoisotopic (exact) mass is 128 g/mol. The first-order valence-electron chi connectivity index (χ1n) is 2.77. The van der Waals surface area contributed by atoms with Crippen molar-refractivity contribution < 1.29 is 4.74 Å². The molecule has 0 spiro atoms. The van der Waals surface area contributed by atoms with Gasteiger partial charge >= 0.3 is 0 Å². The van der Waals surface area contributed by atoms with Gasteiger partial charge in [0.2, 0.25) is 0 Å². The van der Waals surface area contributed by atoms with Crippen molar-refractivity contribution in [1.29, 1.82) is 0 Å². The van der Waals surface area contributed by atoms with Crippen LogP contribution < -0.4 is 0 Å². The average Bonchev–Trinajstić information content (AvgIpc) is 2.19. The average molecular weight is 128 g/mol. The molecule has 0 radical (unpaired) electrons. The first-order valence-corrected chi connectivity index (χ1v) is 3.73. The molecule has 1 rings (SSSR count). The Morgan fingerprint density at radius 1 is 1.75 bits per heavy atom. The zero-order valence-corrected chi connectivity index (χ0v) is 5.66. The highest BCUT2D eigenvalue weighted by Crippen LogP contribution is 2.20. The quantitative estimate of drug-likeness (QED) is 0.488. The molecule has 1 fully saturated rings. The summed E-state index contributed by atoms with van der Waals surface area (Å²) < 4.78 is 5.28. The van der Waals surface area contributed by atoms with Gasteiger partial charge in [0.15, 0.2) is 0 Å². The van der Waals surface area contributed by atoms with Crippen molar-refractivity contribution in [3.05, 3.63) is 6.58 Å². The van der Waals surface area contributed by atoms with E-state index in [9.17, 15) is 0 Å². The molecule has 0 bridgehead atoms. The third-order valence-corrected chi connectivity index (χ3v) is 2.02. The van der Waals surface area contributed by atoms with Crippen LogP contribution in [-0.2, 0) is 4.74 Å². The molecule has 0 aromatic carbocycles. The summed E-state index contributed by atoms with van der Waals surface area (Å²) in [5.41, 5.74) is 2.81. The summed E-state index contributed by atoms with van der Waals surface area (Å²) in [6.45, 7) is 4.44. The van der Waals surface area contributed by atoms with Crippen LogP contribution >= 0.6 is 8.20 Å². The molecule has 1 unspecified atom stereocenters. The molecule has 44 valence electrons. The van der Waals surface area contributed by atoms with E-state index < -0.39 is 0 Å². The standard InChI is InChI=1S/C6H9OP/c1-2-8-6-4-3-5-7-6/h6H,1,3-5H2. The SMILES string of the molecule is C=C=PC1CCCO1. The van der Waals surface area contributed by atoms with Crippen LogP contribution in [0.15, 0.2) is 6.58 Å². The first kappa shape index (κ1) is 6.04. The van der Waals surface area contributed by atoms with Gasteiger partial charge in [0.05, 0.1) is 0 Å². The van der Waals surface area contributed by atoms with E-state index in [1.54, 1.807) is 0 Å². The van der Waals surface area contributed by atoms with Crippen LogP contribution in [0.3, 0.4) is 0 Å². The van der Waals surface area contributed by atoms with E-state index in [0.717, 1.165) is 14.8 Å². The second-order valence-electron chi connectivity index (χ2n) is 1.75. The topological polar surface area (TPSA) is 9.23 Å². The summed E-state index contributed by atoms with van der Waals surface area (Å²) in [5, 5.41) is 0. The zero-order chi connectivity index (χ0) is 5.82. The van der Waals surface area contributed by atoms with Crippen molar-refractivity contribution in [2.75, 3.05) is 6.61 Å². The lowest BCUT2D eigenvalue weighted by Gasteiger charge is -1.95. The second-order valence-corrected chi connectivity index (χ2v) is 2.91. The maximum atomic E-state index is 5.28. The Balaban J connectivity index is 2.35. The Kier molecular flexibility index (Phi) is 2.29. The predicted octanol–water partition coefficient (Wildman–Crippen LogP) is 1.66. The third-order valence-electron chi connectivity index (χ3n) is 1.14. The van der Waals surface area contributed by atoms with E-state index in [-0.39, 0.29) is 0 Å². The predicted molar refractivity (Wildman–Crippen MR) is 36.5 cm³/mol. The largest absolute Gasteiger partial charge is 0.369 e. The van der Waals surface area contributed by atoms with Crippen molar-refractivity contribution in [1.82, 2.24) is 0 Å². The summed E-state index contributed by atoms with van der Waals surface area (Å²) in [6.07, 6.45) is 2.39. The summed E-state index contributed by atoms with van der Waals surface area (Å²) in [4.78, 5) is 0. The van der Waals surface area contributed by atoms with Gasteiger partial charge in [-0.15, -0.1) is 0 Å². The molecule has 0 N–H and O–H groups in total. The fraction of sp³-hybridized carbons (Fsp3) is 0.667. The lowest BCUT2D eigenvalue weighted by molar-refractivity contribution is 0.172. The molecule has 0 aromatic heterocycles. The second kappa shape index (κ2) is 3.04. The van der Waals surface area contributed by atoms with Gasteiger partial charge in [-0.25, -0.2) is 0 Å². The van der Waals surface area contributed by atoms with Gasteiger partial charge in [-0.2, -0.15) is 0 Å². The molecule has 0 saturated carbocycles. The van der Waals surface area contributed by atoms with E-state index in [0.29, 0.717) is 5.85 Å². The molecule has 1 nitrogen and oxygen atoms in total. The molecule has 1 heterocycles. The Morgan fingerprint density at radius 3 is 3.12 bits per heavy atom. The van der Waals surface area contributed by atoms with Gasteiger partial charge < -0.3 is 4.74 Å². The minimum absolute atomic E-state index is 0.410. The highest BCUT2D eigenvalue weighted by molar-refractivity contribution is 7.38. The molecule has 1 atom stereocenters. The summed E-state index contributed by atoms with van der Waals surface area (Å²) in [5.74, 6) is 0.410.